The van der Waals surface area contributed by atoms with Crippen molar-refractivity contribution in [3.05, 3.63) is 35.4 Å². The van der Waals surface area contributed by atoms with Gasteiger partial charge in [-0.05, 0) is 24.5 Å². The van der Waals surface area contributed by atoms with Crippen molar-refractivity contribution >= 4 is 11.8 Å². The molecule has 1 unspecified atom stereocenters. The van der Waals surface area contributed by atoms with Gasteiger partial charge in [-0.2, -0.15) is 13.2 Å². The van der Waals surface area contributed by atoms with Gasteiger partial charge in [-0.25, -0.2) is 0 Å². The number of rotatable bonds is 2. The minimum Gasteiger partial charge on any atom is -0.352 e. The van der Waals surface area contributed by atoms with Crippen molar-refractivity contribution in [3.8, 4) is 0 Å². The third-order valence-corrected chi connectivity index (χ3v) is 4.51. The van der Waals surface area contributed by atoms with Crippen LogP contribution < -0.4 is 5.32 Å². The SMILES string of the molecule is O=C1NCCN(C(=O)C2CCC2)C1c1ccccc1C(F)(F)F. The summed E-state index contributed by atoms with van der Waals surface area (Å²) in [5.41, 5.74) is -1.03. The van der Waals surface area contributed by atoms with E-state index in [0.717, 1.165) is 25.3 Å². The zero-order valence-corrected chi connectivity index (χ0v) is 12.4. The van der Waals surface area contributed by atoms with Crippen molar-refractivity contribution in [1.29, 1.82) is 0 Å². The van der Waals surface area contributed by atoms with Gasteiger partial charge in [-0.3, -0.25) is 9.59 Å². The number of amides is 2. The van der Waals surface area contributed by atoms with Crippen molar-refractivity contribution in [2.45, 2.75) is 31.5 Å². The van der Waals surface area contributed by atoms with Crippen LogP contribution in [0.2, 0.25) is 0 Å². The molecule has 1 N–H and O–H groups in total. The van der Waals surface area contributed by atoms with Crippen LogP contribution in [-0.4, -0.2) is 29.8 Å². The maximum atomic E-state index is 13.3. The number of halogens is 3. The normalized spacial score (nSPS) is 22.5. The van der Waals surface area contributed by atoms with Crippen LogP contribution in [-0.2, 0) is 15.8 Å². The first-order valence-electron chi connectivity index (χ1n) is 7.64. The zero-order chi connectivity index (χ0) is 16.6. The predicted octanol–water partition coefficient (Wildman–Crippen LogP) is 2.51. The van der Waals surface area contributed by atoms with Crippen molar-refractivity contribution in [3.63, 3.8) is 0 Å². The Morgan fingerprint density at radius 3 is 2.52 bits per heavy atom. The molecule has 1 aromatic rings. The first-order valence-corrected chi connectivity index (χ1v) is 7.64. The summed E-state index contributed by atoms with van der Waals surface area (Å²) in [6.07, 6.45) is -2.14. The molecule has 1 saturated heterocycles. The van der Waals surface area contributed by atoms with Gasteiger partial charge in [0.25, 0.3) is 0 Å². The van der Waals surface area contributed by atoms with Gasteiger partial charge in [0.05, 0.1) is 5.56 Å². The first kappa shape index (κ1) is 15.8. The van der Waals surface area contributed by atoms with E-state index in [9.17, 15) is 22.8 Å². The highest BCUT2D eigenvalue weighted by Crippen LogP contribution is 2.38. The summed E-state index contributed by atoms with van der Waals surface area (Å²) < 4.78 is 39.8. The van der Waals surface area contributed by atoms with E-state index in [1.54, 1.807) is 0 Å². The lowest BCUT2D eigenvalue weighted by atomic mass is 9.83. The Labute approximate surface area is 131 Å². The van der Waals surface area contributed by atoms with Crippen LogP contribution >= 0.6 is 0 Å². The van der Waals surface area contributed by atoms with Gasteiger partial charge in [0.15, 0.2) is 0 Å². The van der Waals surface area contributed by atoms with Gasteiger partial charge in [0.2, 0.25) is 11.8 Å². The third-order valence-electron chi connectivity index (χ3n) is 4.51. The Morgan fingerprint density at radius 2 is 1.91 bits per heavy atom. The molecule has 2 aliphatic rings. The van der Waals surface area contributed by atoms with Crippen molar-refractivity contribution in [2.75, 3.05) is 13.1 Å². The molecule has 124 valence electrons. The third kappa shape index (κ3) is 2.92. The fourth-order valence-electron chi connectivity index (χ4n) is 3.10. The molecule has 1 atom stereocenters. The number of hydrogen-bond donors (Lipinski definition) is 1. The summed E-state index contributed by atoms with van der Waals surface area (Å²) in [4.78, 5) is 26.1. The van der Waals surface area contributed by atoms with E-state index in [4.69, 9.17) is 0 Å². The molecule has 1 aromatic carbocycles. The maximum absolute atomic E-state index is 13.3. The quantitative estimate of drug-likeness (QED) is 0.908. The molecule has 1 heterocycles. The first-order chi connectivity index (χ1) is 10.9. The molecule has 0 spiro atoms. The van der Waals surface area contributed by atoms with Crippen molar-refractivity contribution < 1.29 is 22.8 Å². The summed E-state index contributed by atoms with van der Waals surface area (Å²) in [6.45, 7) is 0.500. The van der Waals surface area contributed by atoms with Crippen LogP contribution in [0.25, 0.3) is 0 Å². The Morgan fingerprint density at radius 1 is 1.22 bits per heavy atom. The van der Waals surface area contributed by atoms with Crippen LogP contribution in [0, 0.1) is 5.92 Å². The van der Waals surface area contributed by atoms with E-state index in [-0.39, 0.29) is 30.5 Å². The van der Waals surface area contributed by atoms with Crippen LogP contribution in [0.1, 0.15) is 36.4 Å². The van der Waals surface area contributed by atoms with Gasteiger partial charge in [-0.1, -0.05) is 24.6 Å². The molecule has 3 rings (SSSR count). The monoisotopic (exact) mass is 326 g/mol. The number of nitrogens with one attached hydrogen (secondary N) is 1. The average molecular weight is 326 g/mol. The standard InChI is InChI=1S/C16H17F3N2O2/c17-16(18,19)12-7-2-1-6-11(12)13-14(22)20-8-9-21(13)15(23)10-4-3-5-10/h1-2,6-7,10,13H,3-5,8-9H2,(H,20,22). The number of carbonyl (C=O) groups is 2. The number of hydrogen-bond acceptors (Lipinski definition) is 2. The van der Waals surface area contributed by atoms with Gasteiger partial charge in [-0.15, -0.1) is 0 Å². The maximum Gasteiger partial charge on any atom is 0.416 e. The zero-order valence-electron chi connectivity index (χ0n) is 12.4. The molecule has 0 aromatic heterocycles. The van der Waals surface area contributed by atoms with Gasteiger partial charge < -0.3 is 10.2 Å². The average Bonchev–Trinajstić information content (AvgIpc) is 2.44. The van der Waals surface area contributed by atoms with Crippen LogP contribution in [0.5, 0.6) is 0 Å². The summed E-state index contributed by atoms with van der Waals surface area (Å²) in [5, 5.41) is 2.57. The lowest BCUT2D eigenvalue weighted by Crippen LogP contribution is -2.54. The molecule has 0 bridgehead atoms. The second-order valence-corrected chi connectivity index (χ2v) is 5.94. The number of piperazine rings is 1. The predicted molar refractivity (Wildman–Crippen MR) is 76.2 cm³/mol. The Bertz CT molecular complexity index is 626. The molecule has 23 heavy (non-hydrogen) atoms. The number of nitrogens with zero attached hydrogens (tertiary/aromatic N) is 1. The van der Waals surface area contributed by atoms with Gasteiger partial charge in [0, 0.05) is 19.0 Å². The molecule has 2 fully saturated rings. The lowest BCUT2D eigenvalue weighted by Gasteiger charge is -2.40. The number of carbonyl (C=O) groups excluding carboxylic acids is 2. The van der Waals surface area contributed by atoms with E-state index in [2.05, 4.69) is 5.32 Å². The Kier molecular flexibility index (Phi) is 4.04. The fourth-order valence-corrected chi connectivity index (χ4v) is 3.10. The van der Waals surface area contributed by atoms with Crippen molar-refractivity contribution in [2.24, 2.45) is 5.92 Å². The highest BCUT2D eigenvalue weighted by Gasteiger charge is 2.43. The van der Waals surface area contributed by atoms with Crippen LogP contribution in [0.4, 0.5) is 13.2 Å². The molecule has 1 aliphatic carbocycles. The minimum atomic E-state index is -4.57. The number of benzene rings is 1. The molecule has 2 amide bonds. The summed E-state index contributed by atoms with van der Waals surface area (Å²) in [7, 11) is 0. The topological polar surface area (TPSA) is 49.4 Å². The minimum absolute atomic E-state index is 0.162. The molecule has 0 radical (unpaired) electrons. The van der Waals surface area contributed by atoms with E-state index in [1.165, 1.54) is 23.1 Å². The van der Waals surface area contributed by atoms with Crippen molar-refractivity contribution in [1.82, 2.24) is 10.2 Å². The van der Waals surface area contributed by atoms with Crippen LogP contribution in [0.15, 0.2) is 24.3 Å². The number of alkyl halides is 3. The fraction of sp³-hybridized carbons (Fsp3) is 0.500. The Hall–Kier alpha value is -2.05. The second kappa shape index (κ2) is 5.86. The summed E-state index contributed by atoms with van der Waals surface area (Å²) in [6, 6.07) is 3.75. The lowest BCUT2D eigenvalue weighted by molar-refractivity contribution is -0.150. The highest BCUT2D eigenvalue weighted by molar-refractivity contribution is 5.91. The van der Waals surface area contributed by atoms with E-state index in [0.29, 0.717) is 0 Å². The summed E-state index contributed by atoms with van der Waals surface area (Å²) in [5.74, 6) is -0.935. The molecule has 1 saturated carbocycles. The molecular formula is C16H17F3N2O2. The van der Waals surface area contributed by atoms with E-state index < -0.39 is 23.7 Å². The van der Waals surface area contributed by atoms with E-state index in [1.807, 2.05) is 0 Å². The summed E-state index contributed by atoms with van der Waals surface area (Å²) >= 11 is 0. The highest BCUT2D eigenvalue weighted by atomic mass is 19.4. The molecule has 4 nitrogen and oxygen atoms in total. The smallest absolute Gasteiger partial charge is 0.352 e. The second-order valence-electron chi connectivity index (χ2n) is 5.94. The van der Waals surface area contributed by atoms with E-state index >= 15 is 0 Å². The molecule has 1 aliphatic heterocycles. The Balaban J connectivity index is 2.00. The molecule has 7 heteroatoms. The molecular weight excluding hydrogens is 309 g/mol. The van der Waals surface area contributed by atoms with Gasteiger partial charge in [0.1, 0.15) is 6.04 Å². The van der Waals surface area contributed by atoms with Gasteiger partial charge >= 0.3 is 6.18 Å². The van der Waals surface area contributed by atoms with Crippen LogP contribution in [0.3, 0.4) is 0 Å². The largest absolute Gasteiger partial charge is 0.416 e.